The monoisotopic (exact) mass is 224 g/mol. The Bertz CT molecular complexity index is 368. The SMILES string of the molecule is CCNCCCNC(=O)c1ccc(=O)[nH]n1. The smallest absolute Gasteiger partial charge is 0.271 e. The van der Waals surface area contributed by atoms with E-state index in [-0.39, 0.29) is 17.2 Å². The van der Waals surface area contributed by atoms with Gasteiger partial charge in [-0.05, 0) is 25.6 Å². The number of hydrogen-bond donors (Lipinski definition) is 3. The van der Waals surface area contributed by atoms with Crippen molar-refractivity contribution in [2.75, 3.05) is 19.6 Å². The van der Waals surface area contributed by atoms with Gasteiger partial charge in [-0.1, -0.05) is 6.92 Å². The lowest BCUT2D eigenvalue weighted by Gasteiger charge is -2.04. The van der Waals surface area contributed by atoms with Gasteiger partial charge in [0.15, 0.2) is 0 Å². The van der Waals surface area contributed by atoms with E-state index in [1.54, 1.807) is 0 Å². The minimum Gasteiger partial charge on any atom is -0.351 e. The molecule has 6 nitrogen and oxygen atoms in total. The third kappa shape index (κ3) is 4.22. The van der Waals surface area contributed by atoms with Crippen LogP contribution in [0.5, 0.6) is 0 Å². The van der Waals surface area contributed by atoms with E-state index in [2.05, 4.69) is 20.8 Å². The van der Waals surface area contributed by atoms with Gasteiger partial charge in [0.25, 0.3) is 11.5 Å². The first-order valence-corrected chi connectivity index (χ1v) is 5.28. The van der Waals surface area contributed by atoms with Crippen LogP contribution in [0.2, 0.25) is 0 Å². The molecule has 0 fully saturated rings. The summed E-state index contributed by atoms with van der Waals surface area (Å²) >= 11 is 0. The molecule has 0 saturated heterocycles. The number of amides is 1. The molecule has 88 valence electrons. The van der Waals surface area contributed by atoms with Crippen LogP contribution in [0.15, 0.2) is 16.9 Å². The molecule has 16 heavy (non-hydrogen) atoms. The fraction of sp³-hybridized carbons (Fsp3) is 0.500. The summed E-state index contributed by atoms with van der Waals surface area (Å²) < 4.78 is 0. The first-order chi connectivity index (χ1) is 7.74. The lowest BCUT2D eigenvalue weighted by Crippen LogP contribution is -2.28. The highest BCUT2D eigenvalue weighted by atomic mass is 16.2. The van der Waals surface area contributed by atoms with Crippen LogP contribution in [0.25, 0.3) is 0 Å². The molecular weight excluding hydrogens is 208 g/mol. The lowest BCUT2D eigenvalue weighted by molar-refractivity contribution is 0.0947. The molecule has 0 aliphatic carbocycles. The maximum atomic E-state index is 11.5. The molecule has 6 heteroatoms. The van der Waals surface area contributed by atoms with E-state index < -0.39 is 0 Å². The predicted octanol–water partition coefficient (Wildman–Crippen LogP) is -0.501. The maximum absolute atomic E-state index is 11.5. The van der Waals surface area contributed by atoms with E-state index >= 15 is 0 Å². The minimum absolute atomic E-state index is 0.225. The zero-order chi connectivity index (χ0) is 11.8. The lowest BCUT2D eigenvalue weighted by atomic mass is 10.3. The van der Waals surface area contributed by atoms with Gasteiger partial charge in [-0.25, -0.2) is 5.10 Å². The van der Waals surface area contributed by atoms with Gasteiger partial charge >= 0.3 is 0 Å². The summed E-state index contributed by atoms with van der Waals surface area (Å²) in [7, 11) is 0. The van der Waals surface area contributed by atoms with Crippen molar-refractivity contribution in [2.45, 2.75) is 13.3 Å². The van der Waals surface area contributed by atoms with Crippen molar-refractivity contribution in [1.29, 1.82) is 0 Å². The van der Waals surface area contributed by atoms with E-state index in [0.717, 1.165) is 19.5 Å². The average molecular weight is 224 g/mol. The molecule has 0 bridgehead atoms. The van der Waals surface area contributed by atoms with Crippen LogP contribution in [0.1, 0.15) is 23.8 Å². The number of nitrogens with one attached hydrogen (secondary N) is 3. The fourth-order valence-electron chi connectivity index (χ4n) is 1.15. The van der Waals surface area contributed by atoms with Gasteiger partial charge < -0.3 is 10.6 Å². The molecule has 1 rings (SSSR count). The molecule has 3 N–H and O–H groups in total. The van der Waals surface area contributed by atoms with Gasteiger partial charge in [0.1, 0.15) is 5.69 Å². The fourth-order valence-corrected chi connectivity index (χ4v) is 1.15. The summed E-state index contributed by atoms with van der Waals surface area (Å²) in [5.74, 6) is -0.271. The molecule has 0 spiro atoms. The number of aromatic nitrogens is 2. The van der Waals surface area contributed by atoms with Crippen LogP contribution in [-0.2, 0) is 0 Å². The molecule has 0 atom stereocenters. The van der Waals surface area contributed by atoms with Crippen LogP contribution in [0.3, 0.4) is 0 Å². The standard InChI is InChI=1S/C10H16N4O2/c1-2-11-6-3-7-12-10(16)8-4-5-9(15)14-13-8/h4-5,11H,2-3,6-7H2,1H3,(H,12,16)(H,14,15). The first kappa shape index (κ1) is 12.4. The Morgan fingerprint density at radius 3 is 2.88 bits per heavy atom. The van der Waals surface area contributed by atoms with Crippen molar-refractivity contribution in [1.82, 2.24) is 20.8 Å². The van der Waals surface area contributed by atoms with Crippen LogP contribution in [0.4, 0.5) is 0 Å². The van der Waals surface area contributed by atoms with Crippen LogP contribution < -0.4 is 16.2 Å². The zero-order valence-electron chi connectivity index (χ0n) is 9.25. The Morgan fingerprint density at radius 1 is 1.44 bits per heavy atom. The Kier molecular flexibility index (Phi) is 5.21. The van der Waals surface area contributed by atoms with Gasteiger partial charge in [-0.2, -0.15) is 5.10 Å². The van der Waals surface area contributed by atoms with Crippen molar-refractivity contribution in [3.8, 4) is 0 Å². The molecule has 0 saturated carbocycles. The average Bonchev–Trinajstić information content (AvgIpc) is 2.29. The van der Waals surface area contributed by atoms with E-state index in [0.29, 0.717) is 6.54 Å². The summed E-state index contributed by atoms with van der Waals surface area (Å²) in [4.78, 5) is 22.2. The Morgan fingerprint density at radius 2 is 2.25 bits per heavy atom. The minimum atomic E-state index is -0.316. The highest BCUT2D eigenvalue weighted by Crippen LogP contribution is 1.88. The van der Waals surface area contributed by atoms with Crippen molar-refractivity contribution in [3.63, 3.8) is 0 Å². The molecule has 1 aromatic rings. The molecule has 0 unspecified atom stereocenters. The molecule has 0 radical (unpaired) electrons. The molecule has 0 aliphatic rings. The molecule has 0 aliphatic heterocycles. The van der Waals surface area contributed by atoms with E-state index in [4.69, 9.17) is 0 Å². The molecular formula is C10H16N4O2. The molecule has 1 amide bonds. The number of H-pyrrole nitrogens is 1. The number of carbonyl (C=O) groups excluding carboxylic acids is 1. The Balaban J connectivity index is 2.30. The van der Waals surface area contributed by atoms with Crippen LogP contribution in [0, 0.1) is 0 Å². The van der Waals surface area contributed by atoms with E-state index in [1.165, 1.54) is 12.1 Å². The predicted molar refractivity (Wildman–Crippen MR) is 60.4 cm³/mol. The van der Waals surface area contributed by atoms with Gasteiger partial charge in [0.05, 0.1) is 0 Å². The van der Waals surface area contributed by atoms with Crippen molar-refractivity contribution in [2.24, 2.45) is 0 Å². The van der Waals surface area contributed by atoms with Gasteiger partial charge in [0, 0.05) is 12.6 Å². The number of aromatic amines is 1. The highest BCUT2D eigenvalue weighted by molar-refractivity contribution is 5.91. The Labute approximate surface area is 93.5 Å². The van der Waals surface area contributed by atoms with Crippen molar-refractivity contribution in [3.05, 3.63) is 28.2 Å². The van der Waals surface area contributed by atoms with Crippen molar-refractivity contribution < 1.29 is 4.79 Å². The van der Waals surface area contributed by atoms with Crippen LogP contribution >= 0.6 is 0 Å². The number of rotatable bonds is 6. The summed E-state index contributed by atoms with van der Waals surface area (Å²) in [6, 6.07) is 2.68. The third-order valence-corrected chi connectivity index (χ3v) is 1.98. The number of hydrogen-bond acceptors (Lipinski definition) is 4. The second-order valence-electron chi connectivity index (χ2n) is 3.27. The number of nitrogens with zero attached hydrogens (tertiary/aromatic N) is 1. The van der Waals surface area contributed by atoms with Gasteiger partial charge in [-0.15, -0.1) is 0 Å². The number of carbonyl (C=O) groups is 1. The molecule has 0 aromatic carbocycles. The molecule has 1 heterocycles. The van der Waals surface area contributed by atoms with Crippen LogP contribution in [-0.4, -0.2) is 35.7 Å². The molecule has 1 aromatic heterocycles. The topological polar surface area (TPSA) is 86.9 Å². The first-order valence-electron chi connectivity index (χ1n) is 5.28. The largest absolute Gasteiger partial charge is 0.351 e. The highest BCUT2D eigenvalue weighted by Gasteiger charge is 2.05. The summed E-state index contributed by atoms with van der Waals surface area (Å²) in [5.41, 5.74) is -0.0910. The van der Waals surface area contributed by atoms with Crippen molar-refractivity contribution >= 4 is 5.91 Å². The quantitative estimate of drug-likeness (QED) is 0.568. The second kappa shape index (κ2) is 6.73. The third-order valence-electron chi connectivity index (χ3n) is 1.98. The normalized spacial score (nSPS) is 10.1. The zero-order valence-corrected chi connectivity index (χ0v) is 9.25. The van der Waals surface area contributed by atoms with Gasteiger partial charge in [0.2, 0.25) is 0 Å². The summed E-state index contributed by atoms with van der Waals surface area (Å²) in [5, 5.41) is 11.7. The van der Waals surface area contributed by atoms with E-state index in [9.17, 15) is 9.59 Å². The van der Waals surface area contributed by atoms with Gasteiger partial charge in [-0.3, -0.25) is 9.59 Å². The summed E-state index contributed by atoms with van der Waals surface area (Å²) in [6.07, 6.45) is 0.864. The maximum Gasteiger partial charge on any atom is 0.271 e. The van der Waals surface area contributed by atoms with E-state index in [1.807, 2.05) is 6.92 Å². The second-order valence-corrected chi connectivity index (χ2v) is 3.27. The summed E-state index contributed by atoms with van der Waals surface area (Å²) in [6.45, 7) is 4.42. The Hall–Kier alpha value is -1.69.